The van der Waals surface area contributed by atoms with E-state index in [1.54, 1.807) is 12.1 Å². The molecule has 1 aromatic carbocycles. The number of nitro groups is 1. The monoisotopic (exact) mass is 288 g/mol. The van der Waals surface area contributed by atoms with Gasteiger partial charge in [0.1, 0.15) is 17.2 Å². The normalized spacial score (nSPS) is 10.0. The number of carbonyl (C=O) groups is 1. The highest BCUT2D eigenvalue weighted by atomic mass is 16.6. The van der Waals surface area contributed by atoms with Gasteiger partial charge in [0.05, 0.1) is 24.3 Å². The predicted molar refractivity (Wildman–Crippen MR) is 74.0 cm³/mol. The molecule has 0 bridgehead atoms. The first-order valence-corrected chi connectivity index (χ1v) is 5.98. The van der Waals surface area contributed by atoms with Crippen LogP contribution in [-0.2, 0) is 0 Å². The number of methoxy groups -OCH3 is 1. The quantitative estimate of drug-likeness (QED) is 0.477. The van der Waals surface area contributed by atoms with Crippen LogP contribution in [0, 0.1) is 10.1 Å². The fourth-order valence-electron chi connectivity index (χ4n) is 1.66. The third kappa shape index (κ3) is 3.33. The van der Waals surface area contributed by atoms with E-state index in [2.05, 4.69) is 4.98 Å². The van der Waals surface area contributed by atoms with Crippen LogP contribution in [0.2, 0.25) is 0 Å². The first-order valence-electron chi connectivity index (χ1n) is 5.98. The van der Waals surface area contributed by atoms with E-state index in [0.29, 0.717) is 11.4 Å². The van der Waals surface area contributed by atoms with Gasteiger partial charge in [-0.15, -0.1) is 0 Å². The van der Waals surface area contributed by atoms with E-state index >= 15 is 0 Å². The molecule has 0 atom stereocenters. The van der Waals surface area contributed by atoms with Gasteiger partial charge >= 0.3 is 5.69 Å². The average molecular weight is 288 g/mol. The molecule has 0 spiro atoms. The summed E-state index contributed by atoms with van der Waals surface area (Å²) in [7, 11) is 1.35. The van der Waals surface area contributed by atoms with Crippen LogP contribution in [0.4, 0.5) is 5.69 Å². The molecule has 0 radical (unpaired) electrons. The van der Waals surface area contributed by atoms with Gasteiger partial charge in [0.15, 0.2) is 11.5 Å². The number of carbonyl (C=O) groups excluding carboxylic acids is 1. The van der Waals surface area contributed by atoms with Crippen molar-refractivity contribution >= 4 is 11.5 Å². The molecule has 0 N–H and O–H groups in total. The molecule has 0 saturated carbocycles. The maximum atomic E-state index is 11.1. The second-order valence-electron chi connectivity index (χ2n) is 4.13. The summed E-state index contributed by atoms with van der Waals surface area (Å²) in [6.45, 7) is 1.41. The standard InChI is InChI=1S/C14H12N2O5/c1-9(17)12-5-3-11(8-15-12)21-10-4-6-14(20-2)13(7-10)16(18)19/h3-8H,1-2H3. The van der Waals surface area contributed by atoms with Crippen LogP contribution >= 0.6 is 0 Å². The molecular formula is C14H12N2O5. The molecule has 0 aliphatic heterocycles. The van der Waals surface area contributed by atoms with Gasteiger partial charge in [0.2, 0.25) is 0 Å². The fourth-order valence-corrected chi connectivity index (χ4v) is 1.66. The maximum Gasteiger partial charge on any atom is 0.314 e. The molecule has 7 nitrogen and oxygen atoms in total. The Balaban J connectivity index is 2.25. The van der Waals surface area contributed by atoms with Crippen molar-refractivity contribution in [3.8, 4) is 17.2 Å². The Morgan fingerprint density at radius 2 is 1.95 bits per heavy atom. The number of aromatic nitrogens is 1. The summed E-state index contributed by atoms with van der Waals surface area (Å²) < 4.78 is 10.4. The van der Waals surface area contributed by atoms with Gasteiger partial charge in [-0.1, -0.05) is 0 Å². The molecular weight excluding hydrogens is 276 g/mol. The topological polar surface area (TPSA) is 91.6 Å². The fraction of sp³-hybridized carbons (Fsp3) is 0.143. The molecule has 21 heavy (non-hydrogen) atoms. The van der Waals surface area contributed by atoms with Crippen molar-refractivity contribution < 1.29 is 19.2 Å². The van der Waals surface area contributed by atoms with E-state index in [9.17, 15) is 14.9 Å². The van der Waals surface area contributed by atoms with E-state index in [1.807, 2.05) is 0 Å². The molecule has 1 aromatic heterocycles. The number of Topliss-reactive ketones (excluding diaryl/α,β-unsaturated/α-hetero) is 1. The van der Waals surface area contributed by atoms with Crippen LogP contribution in [0.1, 0.15) is 17.4 Å². The Kier molecular flexibility index (Phi) is 4.13. The number of pyridine rings is 1. The zero-order valence-electron chi connectivity index (χ0n) is 11.4. The molecule has 0 unspecified atom stereocenters. The maximum absolute atomic E-state index is 11.1. The highest BCUT2D eigenvalue weighted by Crippen LogP contribution is 2.32. The van der Waals surface area contributed by atoms with E-state index in [1.165, 1.54) is 38.4 Å². The minimum Gasteiger partial charge on any atom is -0.490 e. The van der Waals surface area contributed by atoms with Crippen LogP contribution in [0.5, 0.6) is 17.2 Å². The smallest absolute Gasteiger partial charge is 0.314 e. The van der Waals surface area contributed by atoms with Crippen molar-refractivity contribution in [3.63, 3.8) is 0 Å². The van der Waals surface area contributed by atoms with Crippen molar-refractivity contribution in [2.75, 3.05) is 7.11 Å². The van der Waals surface area contributed by atoms with Gasteiger partial charge in [-0.05, 0) is 24.3 Å². The molecule has 0 fully saturated rings. The Bertz CT molecular complexity index is 682. The molecule has 1 heterocycles. The van der Waals surface area contributed by atoms with E-state index in [4.69, 9.17) is 9.47 Å². The number of rotatable bonds is 5. The second kappa shape index (κ2) is 6.00. The molecule has 2 rings (SSSR count). The average Bonchev–Trinajstić information content (AvgIpc) is 2.47. The number of ether oxygens (including phenoxy) is 2. The number of benzene rings is 1. The van der Waals surface area contributed by atoms with Crippen molar-refractivity contribution in [1.29, 1.82) is 0 Å². The summed E-state index contributed by atoms with van der Waals surface area (Å²) in [5, 5.41) is 10.9. The number of hydrogen-bond acceptors (Lipinski definition) is 6. The van der Waals surface area contributed by atoms with Crippen LogP contribution in [0.15, 0.2) is 36.5 Å². The lowest BCUT2D eigenvalue weighted by atomic mass is 10.2. The van der Waals surface area contributed by atoms with Crippen molar-refractivity contribution in [1.82, 2.24) is 4.98 Å². The van der Waals surface area contributed by atoms with Crippen molar-refractivity contribution in [2.24, 2.45) is 0 Å². The van der Waals surface area contributed by atoms with Gasteiger partial charge in [0.25, 0.3) is 0 Å². The Labute approximate surface area is 120 Å². The molecule has 0 aliphatic carbocycles. The van der Waals surface area contributed by atoms with E-state index in [-0.39, 0.29) is 23.0 Å². The zero-order valence-corrected chi connectivity index (χ0v) is 11.4. The summed E-state index contributed by atoms with van der Waals surface area (Å²) in [5.74, 6) is 0.651. The lowest BCUT2D eigenvalue weighted by molar-refractivity contribution is -0.385. The summed E-state index contributed by atoms with van der Waals surface area (Å²) in [4.78, 5) is 25.4. The van der Waals surface area contributed by atoms with Crippen LogP contribution in [0.25, 0.3) is 0 Å². The van der Waals surface area contributed by atoms with Crippen molar-refractivity contribution in [3.05, 3.63) is 52.3 Å². The van der Waals surface area contributed by atoms with Gasteiger partial charge in [-0.25, -0.2) is 4.98 Å². The first kappa shape index (κ1) is 14.4. The number of nitrogens with zero attached hydrogens (tertiary/aromatic N) is 2. The zero-order chi connectivity index (χ0) is 15.4. The van der Waals surface area contributed by atoms with Crippen LogP contribution < -0.4 is 9.47 Å². The van der Waals surface area contributed by atoms with Crippen LogP contribution in [0.3, 0.4) is 0 Å². The summed E-state index contributed by atoms with van der Waals surface area (Å²) in [6, 6.07) is 7.35. The van der Waals surface area contributed by atoms with E-state index < -0.39 is 4.92 Å². The summed E-state index contributed by atoms with van der Waals surface area (Å²) in [6.07, 6.45) is 1.38. The molecule has 0 saturated heterocycles. The minimum absolute atomic E-state index is 0.150. The molecule has 0 amide bonds. The lowest BCUT2D eigenvalue weighted by Crippen LogP contribution is -1.97. The third-order valence-corrected chi connectivity index (χ3v) is 2.68. The Morgan fingerprint density at radius 3 is 2.48 bits per heavy atom. The van der Waals surface area contributed by atoms with Gasteiger partial charge in [-0.3, -0.25) is 14.9 Å². The molecule has 2 aromatic rings. The number of hydrogen-bond donors (Lipinski definition) is 0. The van der Waals surface area contributed by atoms with Gasteiger partial charge < -0.3 is 9.47 Å². The minimum atomic E-state index is -0.553. The van der Waals surface area contributed by atoms with Crippen molar-refractivity contribution in [2.45, 2.75) is 6.92 Å². The third-order valence-electron chi connectivity index (χ3n) is 2.68. The highest BCUT2D eigenvalue weighted by Gasteiger charge is 2.16. The van der Waals surface area contributed by atoms with Gasteiger partial charge in [0, 0.05) is 6.92 Å². The number of ketones is 1. The predicted octanol–water partition coefficient (Wildman–Crippen LogP) is 2.99. The Morgan fingerprint density at radius 1 is 1.24 bits per heavy atom. The number of nitro benzene ring substituents is 1. The molecule has 7 heteroatoms. The summed E-state index contributed by atoms with van der Waals surface area (Å²) >= 11 is 0. The Hall–Kier alpha value is -2.96. The van der Waals surface area contributed by atoms with Gasteiger partial charge in [-0.2, -0.15) is 0 Å². The first-order chi connectivity index (χ1) is 10.0. The lowest BCUT2D eigenvalue weighted by Gasteiger charge is -2.07. The highest BCUT2D eigenvalue weighted by molar-refractivity contribution is 5.92. The second-order valence-corrected chi connectivity index (χ2v) is 4.13. The van der Waals surface area contributed by atoms with Crippen LogP contribution in [-0.4, -0.2) is 22.8 Å². The summed E-state index contributed by atoms with van der Waals surface area (Å²) in [5.41, 5.74) is 0.131. The SMILES string of the molecule is COc1ccc(Oc2ccc(C(C)=O)nc2)cc1[N+](=O)[O-]. The molecule has 108 valence electrons. The largest absolute Gasteiger partial charge is 0.490 e. The van der Waals surface area contributed by atoms with E-state index in [0.717, 1.165) is 0 Å². The molecule has 0 aliphatic rings.